The summed E-state index contributed by atoms with van der Waals surface area (Å²) in [6.07, 6.45) is 0. The normalized spacial score (nSPS) is 12.8. The zero-order valence-corrected chi connectivity index (χ0v) is 31.2. The lowest BCUT2D eigenvalue weighted by atomic mass is 9.66. The van der Waals surface area contributed by atoms with Gasteiger partial charge in [-0.25, -0.2) is 9.97 Å². The Kier molecular flexibility index (Phi) is 7.61. The maximum absolute atomic E-state index is 5.40. The third-order valence-electron chi connectivity index (χ3n) is 11.4. The van der Waals surface area contributed by atoms with Crippen LogP contribution in [0.2, 0.25) is 0 Å². The van der Waals surface area contributed by atoms with Crippen LogP contribution in [0, 0.1) is 0 Å². The topological polar surface area (TPSA) is 25.8 Å². The number of rotatable bonds is 6. The molecule has 1 aliphatic carbocycles. The van der Waals surface area contributed by atoms with Gasteiger partial charge in [0.25, 0.3) is 0 Å². The molecule has 0 aliphatic heterocycles. The predicted octanol–water partition coefficient (Wildman–Crippen LogP) is 13.9. The molecule has 0 atom stereocenters. The molecule has 0 amide bonds. The zero-order valence-electron chi connectivity index (χ0n) is 30.4. The number of aromatic nitrogens is 2. The van der Waals surface area contributed by atoms with Crippen LogP contribution in [0.3, 0.4) is 0 Å². The Morgan fingerprint density at radius 2 is 0.929 bits per heavy atom. The maximum Gasteiger partial charge on any atom is 0.160 e. The van der Waals surface area contributed by atoms with Crippen molar-refractivity contribution in [2.45, 2.75) is 5.41 Å². The first-order valence-corrected chi connectivity index (χ1v) is 19.9. The lowest BCUT2D eigenvalue weighted by molar-refractivity contribution is 0.769. The van der Waals surface area contributed by atoms with E-state index in [1.165, 1.54) is 64.7 Å². The Bertz CT molecular complexity index is 3020. The Labute approximate surface area is 330 Å². The summed E-state index contributed by atoms with van der Waals surface area (Å²) in [6.45, 7) is 0. The molecule has 0 bridgehead atoms. The third-order valence-corrected chi connectivity index (χ3v) is 12.6. The number of hydrogen-bond acceptors (Lipinski definition) is 3. The standard InChI is InChI=1S/C53H34N2S/c1-4-16-37(17-5-1)52-54-47(36-32-30-35(31-33-36)40-24-14-26-44-42-23-11-13-29-49(42)56-51(40)44)34-48(55-52)45-27-15-25-43-41-22-10-12-28-46(41)53(50(43)45,38-18-6-2-7-19-38)39-20-8-3-9-21-39/h1-34H. The van der Waals surface area contributed by atoms with Gasteiger partial charge in [0.05, 0.1) is 16.8 Å². The van der Waals surface area contributed by atoms with Crippen molar-refractivity contribution in [3.05, 3.63) is 229 Å². The van der Waals surface area contributed by atoms with E-state index in [9.17, 15) is 0 Å². The van der Waals surface area contributed by atoms with Gasteiger partial charge in [-0.15, -0.1) is 11.3 Å². The number of benzene rings is 8. The summed E-state index contributed by atoms with van der Waals surface area (Å²) in [7, 11) is 0. The largest absolute Gasteiger partial charge is 0.228 e. The summed E-state index contributed by atoms with van der Waals surface area (Å²) < 4.78 is 2.63. The number of nitrogens with zero attached hydrogens (tertiary/aromatic N) is 2. The van der Waals surface area contributed by atoms with Crippen LogP contribution in [-0.4, -0.2) is 9.97 Å². The molecule has 0 radical (unpaired) electrons. The molecule has 11 rings (SSSR count). The minimum Gasteiger partial charge on any atom is -0.228 e. The molecule has 0 fully saturated rings. The van der Waals surface area contributed by atoms with Crippen molar-refractivity contribution in [1.29, 1.82) is 0 Å². The molecule has 2 heterocycles. The molecule has 0 saturated carbocycles. The van der Waals surface area contributed by atoms with Gasteiger partial charge in [-0.2, -0.15) is 0 Å². The fourth-order valence-corrected chi connectivity index (χ4v) is 10.2. The van der Waals surface area contributed by atoms with Crippen molar-refractivity contribution < 1.29 is 0 Å². The molecule has 2 nitrogen and oxygen atoms in total. The van der Waals surface area contributed by atoms with E-state index in [1.807, 2.05) is 17.4 Å². The first kappa shape index (κ1) is 32.5. The van der Waals surface area contributed by atoms with Crippen LogP contribution in [-0.2, 0) is 5.41 Å². The summed E-state index contributed by atoms with van der Waals surface area (Å²) in [6, 6.07) is 74.4. The summed E-state index contributed by atoms with van der Waals surface area (Å²) in [5.74, 6) is 0.704. The number of fused-ring (bicyclic) bond motifs is 6. The molecule has 10 aromatic rings. The summed E-state index contributed by atoms with van der Waals surface area (Å²) in [5, 5.41) is 2.62. The van der Waals surface area contributed by atoms with Crippen molar-refractivity contribution in [3.8, 4) is 56.2 Å². The summed E-state index contributed by atoms with van der Waals surface area (Å²) >= 11 is 1.86. The zero-order chi connectivity index (χ0) is 37.1. The molecule has 0 spiro atoms. The molecule has 8 aromatic carbocycles. The van der Waals surface area contributed by atoms with E-state index >= 15 is 0 Å². The lowest BCUT2D eigenvalue weighted by Crippen LogP contribution is -2.29. The average Bonchev–Trinajstić information content (AvgIpc) is 3.82. The molecule has 3 heteroatoms. The third kappa shape index (κ3) is 5.02. The molecule has 2 aromatic heterocycles. The molecular weight excluding hydrogens is 697 g/mol. The van der Waals surface area contributed by atoms with E-state index in [4.69, 9.17) is 9.97 Å². The monoisotopic (exact) mass is 730 g/mol. The Morgan fingerprint density at radius 1 is 0.375 bits per heavy atom. The van der Waals surface area contributed by atoms with Crippen LogP contribution in [0.15, 0.2) is 206 Å². The molecule has 1 aliphatic rings. The van der Waals surface area contributed by atoms with Gasteiger partial charge in [-0.3, -0.25) is 0 Å². The summed E-state index contributed by atoms with van der Waals surface area (Å²) in [4.78, 5) is 10.7. The van der Waals surface area contributed by atoms with Crippen LogP contribution < -0.4 is 0 Å². The highest BCUT2D eigenvalue weighted by atomic mass is 32.1. The van der Waals surface area contributed by atoms with Crippen molar-refractivity contribution in [1.82, 2.24) is 9.97 Å². The van der Waals surface area contributed by atoms with Gasteiger partial charge in [-0.1, -0.05) is 194 Å². The molecule has 56 heavy (non-hydrogen) atoms. The van der Waals surface area contributed by atoms with E-state index in [2.05, 4.69) is 200 Å². The number of hydrogen-bond donors (Lipinski definition) is 0. The Balaban J connectivity index is 1.12. The smallest absolute Gasteiger partial charge is 0.160 e. The van der Waals surface area contributed by atoms with Crippen molar-refractivity contribution in [3.63, 3.8) is 0 Å². The van der Waals surface area contributed by atoms with Crippen LogP contribution >= 0.6 is 11.3 Å². The van der Waals surface area contributed by atoms with Crippen molar-refractivity contribution in [2.24, 2.45) is 0 Å². The van der Waals surface area contributed by atoms with E-state index < -0.39 is 5.41 Å². The second-order valence-electron chi connectivity index (χ2n) is 14.4. The second-order valence-corrected chi connectivity index (χ2v) is 15.5. The van der Waals surface area contributed by atoms with Crippen molar-refractivity contribution >= 4 is 31.5 Å². The highest BCUT2D eigenvalue weighted by molar-refractivity contribution is 7.26. The maximum atomic E-state index is 5.40. The van der Waals surface area contributed by atoms with Gasteiger partial charge in [-0.05, 0) is 56.6 Å². The van der Waals surface area contributed by atoms with Gasteiger partial charge in [0, 0.05) is 36.9 Å². The fourth-order valence-electron chi connectivity index (χ4n) is 8.96. The van der Waals surface area contributed by atoms with Crippen molar-refractivity contribution in [2.75, 3.05) is 0 Å². The second kappa shape index (κ2) is 13.1. The van der Waals surface area contributed by atoms with Crippen LogP contribution in [0.4, 0.5) is 0 Å². The predicted molar refractivity (Wildman–Crippen MR) is 234 cm³/mol. The molecule has 0 saturated heterocycles. The first-order valence-electron chi connectivity index (χ1n) is 19.1. The van der Waals surface area contributed by atoms with Crippen LogP contribution in [0.1, 0.15) is 22.3 Å². The van der Waals surface area contributed by atoms with Gasteiger partial charge in [0.1, 0.15) is 0 Å². The quantitative estimate of drug-likeness (QED) is 0.170. The first-order chi connectivity index (χ1) is 27.8. The molecule has 262 valence electrons. The SMILES string of the molecule is c1ccc(-c2nc(-c3ccc(-c4cccc5c4sc4ccccc45)cc3)cc(-c3cccc4c3C(c3ccccc3)(c3ccccc3)c3ccccc3-4)n2)cc1. The minimum atomic E-state index is -0.557. The average molecular weight is 731 g/mol. The number of thiophene rings is 1. The Hall–Kier alpha value is -6.94. The fraction of sp³-hybridized carbons (Fsp3) is 0.0189. The van der Waals surface area contributed by atoms with Crippen LogP contribution in [0.25, 0.3) is 76.3 Å². The van der Waals surface area contributed by atoms with E-state index in [0.29, 0.717) is 5.82 Å². The van der Waals surface area contributed by atoms with Gasteiger partial charge < -0.3 is 0 Å². The van der Waals surface area contributed by atoms with E-state index in [1.54, 1.807) is 0 Å². The van der Waals surface area contributed by atoms with Gasteiger partial charge in [0.15, 0.2) is 5.82 Å². The Morgan fingerprint density at radius 3 is 1.70 bits per heavy atom. The lowest BCUT2D eigenvalue weighted by Gasteiger charge is -2.35. The molecule has 0 unspecified atom stereocenters. The van der Waals surface area contributed by atoms with E-state index in [-0.39, 0.29) is 0 Å². The van der Waals surface area contributed by atoms with Gasteiger partial charge in [0.2, 0.25) is 0 Å². The molecule has 0 N–H and O–H groups in total. The van der Waals surface area contributed by atoms with Crippen LogP contribution in [0.5, 0.6) is 0 Å². The highest BCUT2D eigenvalue weighted by Crippen LogP contribution is 2.58. The molecular formula is C53H34N2S. The van der Waals surface area contributed by atoms with E-state index in [0.717, 1.165) is 28.1 Å². The minimum absolute atomic E-state index is 0.557. The van der Waals surface area contributed by atoms with Gasteiger partial charge >= 0.3 is 0 Å². The summed E-state index contributed by atoms with van der Waals surface area (Å²) in [5.41, 5.74) is 14.3. The highest BCUT2D eigenvalue weighted by Gasteiger charge is 2.47.